The van der Waals surface area contributed by atoms with Gasteiger partial charge in [-0.3, -0.25) is 9.69 Å². The average molecular weight is 509 g/mol. The average Bonchev–Trinajstić information content (AvgIpc) is 2.84. The molecule has 10 nitrogen and oxygen atoms in total. The fraction of sp³-hybridized carbons (Fsp3) is 0.667. The van der Waals surface area contributed by atoms with Gasteiger partial charge in [-0.2, -0.15) is 9.57 Å². The number of benzene rings is 1. The molecule has 0 unspecified atom stereocenters. The highest BCUT2D eigenvalue weighted by atomic mass is 32.2. The molecule has 1 atom stereocenters. The number of ether oxygens (including phenoxy) is 3. The van der Waals surface area contributed by atoms with Crippen molar-refractivity contribution in [2.75, 3.05) is 72.8 Å². The Labute approximate surface area is 208 Å². The largest absolute Gasteiger partial charge is 0.497 e. The minimum Gasteiger partial charge on any atom is -0.497 e. The molecule has 2 aliphatic rings. The first-order chi connectivity index (χ1) is 16.8. The van der Waals surface area contributed by atoms with E-state index in [1.54, 1.807) is 38.0 Å². The summed E-state index contributed by atoms with van der Waals surface area (Å²) in [5, 5.41) is 8.67. The van der Waals surface area contributed by atoms with Crippen LogP contribution in [0.3, 0.4) is 0 Å². The molecule has 0 bridgehead atoms. The van der Waals surface area contributed by atoms with Crippen LogP contribution in [0.5, 0.6) is 5.75 Å². The maximum atomic E-state index is 13.6. The van der Waals surface area contributed by atoms with Gasteiger partial charge in [0.1, 0.15) is 12.4 Å². The molecule has 0 saturated carbocycles. The number of piperazine rings is 1. The van der Waals surface area contributed by atoms with E-state index in [-0.39, 0.29) is 37.2 Å². The number of hydrogen-bond acceptors (Lipinski definition) is 8. The Kier molecular flexibility index (Phi) is 9.89. The van der Waals surface area contributed by atoms with E-state index in [1.807, 2.05) is 0 Å². The number of hydrogen-bond donors (Lipinski definition) is 0. The Morgan fingerprint density at radius 1 is 1.17 bits per heavy atom. The molecule has 1 aromatic rings. The summed E-state index contributed by atoms with van der Waals surface area (Å²) in [7, 11) is -2.24. The predicted molar refractivity (Wildman–Crippen MR) is 130 cm³/mol. The highest BCUT2D eigenvalue weighted by Crippen LogP contribution is 2.30. The van der Waals surface area contributed by atoms with Gasteiger partial charge in [-0.25, -0.2) is 8.42 Å². The number of carbonyl (C=O) groups is 1. The first kappa shape index (κ1) is 27.4. The van der Waals surface area contributed by atoms with E-state index >= 15 is 0 Å². The molecule has 2 fully saturated rings. The molecule has 0 spiro atoms. The Morgan fingerprint density at radius 2 is 1.86 bits per heavy atom. The van der Waals surface area contributed by atoms with E-state index < -0.39 is 16.1 Å². The maximum absolute atomic E-state index is 13.6. The number of methoxy groups -OCH3 is 1. The second-order valence-corrected chi connectivity index (χ2v) is 10.8. The van der Waals surface area contributed by atoms with Crippen LogP contribution in [-0.4, -0.2) is 107 Å². The van der Waals surface area contributed by atoms with Crippen molar-refractivity contribution in [2.45, 2.75) is 37.6 Å². The smallest absolute Gasteiger partial charge is 0.248 e. The Bertz CT molecular complexity index is 994. The van der Waals surface area contributed by atoms with Gasteiger partial charge < -0.3 is 19.1 Å². The molecule has 0 N–H and O–H groups in total. The zero-order valence-corrected chi connectivity index (χ0v) is 21.7. The van der Waals surface area contributed by atoms with E-state index in [9.17, 15) is 13.2 Å². The van der Waals surface area contributed by atoms with Gasteiger partial charge in [0.05, 0.1) is 43.9 Å². The quantitative estimate of drug-likeness (QED) is 0.433. The molecule has 35 heavy (non-hydrogen) atoms. The molecule has 2 aliphatic heterocycles. The summed E-state index contributed by atoms with van der Waals surface area (Å²) in [5.74, 6) is 0.511. The van der Waals surface area contributed by atoms with Crippen LogP contribution in [0.1, 0.15) is 24.0 Å². The number of sulfonamides is 1. The van der Waals surface area contributed by atoms with E-state index in [1.165, 1.54) is 4.31 Å². The number of amides is 1. The third-order valence-electron chi connectivity index (χ3n) is 6.43. The van der Waals surface area contributed by atoms with E-state index in [0.29, 0.717) is 43.0 Å². The van der Waals surface area contributed by atoms with Crippen molar-refractivity contribution >= 4 is 15.9 Å². The molecule has 0 radical (unpaired) electrons. The number of nitrogens with zero attached hydrogens (tertiary/aromatic N) is 4. The lowest BCUT2D eigenvalue weighted by atomic mass is 10.1. The highest BCUT2D eigenvalue weighted by molar-refractivity contribution is 7.89. The molecule has 11 heteroatoms. The van der Waals surface area contributed by atoms with Gasteiger partial charge in [-0.05, 0) is 50.1 Å². The standard InChI is InChI=1S/C24H36N4O6S/c1-19-14-22(32-3)15-20(2)24(19)35(30,31)28-12-13-33-16-21(28)17-34-18-23(29)27-10-8-26(9-11-27)7-5-4-6-25/h14-15,21H,4-5,7-13,16-18H2,1-3H3/t21-/m0/s1. The van der Waals surface area contributed by atoms with Crippen molar-refractivity contribution in [2.24, 2.45) is 0 Å². The summed E-state index contributed by atoms with van der Waals surface area (Å²) in [4.78, 5) is 16.9. The molecule has 2 saturated heterocycles. The number of aryl methyl sites for hydroxylation is 2. The Morgan fingerprint density at radius 3 is 2.49 bits per heavy atom. The summed E-state index contributed by atoms with van der Waals surface area (Å²) >= 11 is 0. The normalized spacial score (nSPS) is 19.9. The van der Waals surface area contributed by atoms with Gasteiger partial charge in [-0.1, -0.05) is 0 Å². The zero-order valence-electron chi connectivity index (χ0n) is 20.9. The Balaban J connectivity index is 1.56. The van der Waals surface area contributed by atoms with E-state index in [0.717, 1.165) is 26.1 Å². The first-order valence-electron chi connectivity index (χ1n) is 12.0. The van der Waals surface area contributed by atoms with Crippen molar-refractivity contribution in [3.63, 3.8) is 0 Å². The van der Waals surface area contributed by atoms with Crippen LogP contribution in [0, 0.1) is 25.2 Å². The molecule has 2 heterocycles. The number of nitriles is 1. The molecule has 0 aliphatic carbocycles. The van der Waals surface area contributed by atoms with Crippen molar-refractivity contribution in [3.8, 4) is 11.8 Å². The third-order valence-corrected chi connectivity index (χ3v) is 8.69. The lowest BCUT2D eigenvalue weighted by molar-refractivity contribution is -0.138. The molecule has 1 amide bonds. The Hall–Kier alpha value is -2.23. The summed E-state index contributed by atoms with van der Waals surface area (Å²) in [6, 6.07) is 5.07. The SMILES string of the molecule is COc1cc(C)c(S(=O)(=O)N2CCOC[C@H]2COCC(=O)N2CCN(CCCC#N)CC2)c(C)c1. The first-order valence-corrected chi connectivity index (χ1v) is 13.4. The van der Waals surface area contributed by atoms with Gasteiger partial charge in [0.25, 0.3) is 0 Å². The van der Waals surface area contributed by atoms with E-state index in [4.69, 9.17) is 19.5 Å². The minimum atomic E-state index is -3.79. The van der Waals surface area contributed by atoms with Crippen molar-refractivity contribution in [3.05, 3.63) is 23.3 Å². The van der Waals surface area contributed by atoms with Crippen LogP contribution in [0.4, 0.5) is 0 Å². The third kappa shape index (κ3) is 6.92. The maximum Gasteiger partial charge on any atom is 0.248 e. The summed E-state index contributed by atoms with van der Waals surface area (Å²) in [6.07, 6.45) is 1.38. The van der Waals surface area contributed by atoms with Gasteiger partial charge in [-0.15, -0.1) is 0 Å². The number of carbonyl (C=O) groups excluding carboxylic acids is 1. The van der Waals surface area contributed by atoms with Gasteiger partial charge in [0, 0.05) is 39.1 Å². The van der Waals surface area contributed by atoms with Crippen LogP contribution in [-0.2, 0) is 24.3 Å². The zero-order chi connectivity index (χ0) is 25.4. The van der Waals surface area contributed by atoms with Gasteiger partial charge in [0.2, 0.25) is 15.9 Å². The molecular weight excluding hydrogens is 472 g/mol. The highest BCUT2D eigenvalue weighted by Gasteiger charge is 2.36. The van der Waals surface area contributed by atoms with E-state index in [2.05, 4.69) is 11.0 Å². The van der Waals surface area contributed by atoms with Gasteiger partial charge in [0.15, 0.2) is 0 Å². The topological polar surface area (TPSA) is 112 Å². The number of unbranched alkanes of at least 4 members (excludes halogenated alkanes) is 1. The molecular formula is C24H36N4O6S. The molecule has 1 aromatic carbocycles. The summed E-state index contributed by atoms with van der Waals surface area (Å²) in [5.41, 5.74) is 1.24. The van der Waals surface area contributed by atoms with Crippen molar-refractivity contribution in [1.29, 1.82) is 5.26 Å². The fourth-order valence-corrected chi connectivity index (χ4v) is 6.61. The second-order valence-electron chi connectivity index (χ2n) is 8.93. The number of rotatable bonds is 10. The van der Waals surface area contributed by atoms with Crippen LogP contribution < -0.4 is 4.74 Å². The fourth-order valence-electron chi connectivity index (χ4n) is 4.62. The van der Waals surface area contributed by atoms with Crippen LogP contribution in [0.15, 0.2) is 17.0 Å². The molecule has 0 aromatic heterocycles. The van der Waals surface area contributed by atoms with Gasteiger partial charge >= 0.3 is 0 Å². The lowest BCUT2D eigenvalue weighted by Gasteiger charge is -2.36. The lowest BCUT2D eigenvalue weighted by Crippen LogP contribution is -2.52. The van der Waals surface area contributed by atoms with Crippen molar-refractivity contribution in [1.82, 2.24) is 14.1 Å². The summed E-state index contributed by atoms with van der Waals surface area (Å²) in [6.45, 7) is 7.91. The predicted octanol–water partition coefficient (Wildman–Crippen LogP) is 1.17. The summed E-state index contributed by atoms with van der Waals surface area (Å²) < 4.78 is 45.1. The second kappa shape index (κ2) is 12.6. The van der Waals surface area contributed by atoms with Crippen LogP contribution in [0.2, 0.25) is 0 Å². The molecule has 194 valence electrons. The minimum absolute atomic E-state index is 0.0767. The number of morpholine rings is 1. The monoisotopic (exact) mass is 508 g/mol. The molecule has 3 rings (SSSR count). The van der Waals surface area contributed by atoms with Crippen molar-refractivity contribution < 1.29 is 27.4 Å². The van der Waals surface area contributed by atoms with Crippen LogP contribution in [0.25, 0.3) is 0 Å². The van der Waals surface area contributed by atoms with Crippen LogP contribution >= 0.6 is 0 Å².